The molecule has 0 saturated carbocycles. The van der Waals surface area contributed by atoms with Crippen LogP contribution in [0, 0.1) is 0 Å². The number of carbonyl (C=O) groups is 1. The predicted octanol–water partition coefficient (Wildman–Crippen LogP) is 2.19. The molecule has 2 aromatic rings. The second kappa shape index (κ2) is 5.28. The highest BCUT2D eigenvalue weighted by atomic mass is 32.1. The number of thiophene rings is 1. The summed E-state index contributed by atoms with van der Waals surface area (Å²) in [6.45, 7) is 2.52. The first kappa shape index (κ1) is 12.6. The molecule has 1 N–H and O–H groups in total. The van der Waals surface area contributed by atoms with E-state index in [-0.39, 0.29) is 0 Å². The Kier molecular flexibility index (Phi) is 3.50. The van der Waals surface area contributed by atoms with Crippen LogP contribution in [-0.4, -0.2) is 41.8 Å². The van der Waals surface area contributed by atoms with Crippen molar-refractivity contribution >= 4 is 27.4 Å². The number of morpholine rings is 1. The number of rotatable bonds is 3. The summed E-state index contributed by atoms with van der Waals surface area (Å²) < 4.78 is 6.52. The van der Waals surface area contributed by atoms with Gasteiger partial charge in [-0.3, -0.25) is 4.90 Å². The van der Waals surface area contributed by atoms with Gasteiger partial charge in [-0.15, -0.1) is 11.3 Å². The summed E-state index contributed by atoms with van der Waals surface area (Å²) in [5, 5.41) is 12.4. The molecule has 1 aliphatic heterocycles. The number of hydrogen-bond acceptors (Lipinski definition) is 4. The van der Waals surface area contributed by atoms with Crippen LogP contribution in [-0.2, 0) is 16.1 Å². The standard InChI is InChI=1S/C14H15NO3S/c16-14(17)12-8-15(5-6-18-12)7-10-9-19-13-4-2-1-3-11(10)13/h1-4,9,12H,5-8H2,(H,16,17). The van der Waals surface area contributed by atoms with Gasteiger partial charge in [0.15, 0.2) is 6.10 Å². The lowest BCUT2D eigenvalue weighted by atomic mass is 10.1. The fraction of sp³-hybridized carbons (Fsp3) is 0.357. The molecule has 1 atom stereocenters. The van der Waals surface area contributed by atoms with Crippen LogP contribution in [0.4, 0.5) is 0 Å². The zero-order valence-corrected chi connectivity index (χ0v) is 11.2. The van der Waals surface area contributed by atoms with Crippen LogP contribution >= 0.6 is 11.3 Å². The number of fused-ring (bicyclic) bond motifs is 1. The minimum Gasteiger partial charge on any atom is -0.479 e. The molecule has 0 aliphatic carbocycles. The minimum absolute atomic E-state index is 0.458. The monoisotopic (exact) mass is 277 g/mol. The molecule has 1 aromatic heterocycles. The number of carboxylic acids is 1. The molecule has 1 aromatic carbocycles. The van der Waals surface area contributed by atoms with E-state index >= 15 is 0 Å². The van der Waals surface area contributed by atoms with Crippen molar-refractivity contribution in [1.29, 1.82) is 0 Å². The van der Waals surface area contributed by atoms with E-state index in [4.69, 9.17) is 9.84 Å². The number of carboxylic acid groups (broad SMARTS) is 1. The van der Waals surface area contributed by atoms with Crippen molar-refractivity contribution in [1.82, 2.24) is 4.90 Å². The van der Waals surface area contributed by atoms with Crippen molar-refractivity contribution in [3.8, 4) is 0 Å². The number of benzene rings is 1. The number of nitrogens with zero attached hydrogens (tertiary/aromatic N) is 1. The van der Waals surface area contributed by atoms with E-state index in [0.717, 1.165) is 13.1 Å². The highest BCUT2D eigenvalue weighted by molar-refractivity contribution is 7.17. The third-order valence-electron chi connectivity index (χ3n) is 3.38. The molecule has 2 heterocycles. The Morgan fingerprint density at radius 2 is 2.32 bits per heavy atom. The maximum atomic E-state index is 11.0. The van der Waals surface area contributed by atoms with Crippen LogP contribution in [0.25, 0.3) is 10.1 Å². The summed E-state index contributed by atoms with van der Waals surface area (Å²) in [4.78, 5) is 13.1. The summed E-state index contributed by atoms with van der Waals surface area (Å²) in [5.74, 6) is -0.875. The molecule has 19 heavy (non-hydrogen) atoms. The fourth-order valence-corrected chi connectivity index (χ4v) is 3.35. The van der Waals surface area contributed by atoms with Crippen molar-refractivity contribution in [2.45, 2.75) is 12.6 Å². The van der Waals surface area contributed by atoms with Gasteiger partial charge in [-0.05, 0) is 22.4 Å². The molecule has 1 fully saturated rings. The molecular formula is C14H15NO3S. The van der Waals surface area contributed by atoms with Gasteiger partial charge in [-0.25, -0.2) is 4.79 Å². The number of ether oxygens (including phenoxy) is 1. The maximum absolute atomic E-state index is 11.0. The lowest BCUT2D eigenvalue weighted by molar-refractivity contribution is -0.156. The van der Waals surface area contributed by atoms with Crippen molar-refractivity contribution in [2.75, 3.05) is 19.7 Å². The van der Waals surface area contributed by atoms with Gasteiger partial charge in [-0.1, -0.05) is 18.2 Å². The lowest BCUT2D eigenvalue weighted by Crippen LogP contribution is -2.45. The zero-order chi connectivity index (χ0) is 13.2. The topological polar surface area (TPSA) is 49.8 Å². The molecule has 5 heteroatoms. The average Bonchev–Trinajstić information content (AvgIpc) is 2.83. The van der Waals surface area contributed by atoms with Crippen molar-refractivity contribution < 1.29 is 14.6 Å². The summed E-state index contributed by atoms with van der Waals surface area (Å²) in [6.07, 6.45) is -0.696. The molecule has 0 radical (unpaired) electrons. The third kappa shape index (κ3) is 2.63. The van der Waals surface area contributed by atoms with Crippen LogP contribution in [0.5, 0.6) is 0 Å². The van der Waals surface area contributed by atoms with Gasteiger partial charge in [0, 0.05) is 24.3 Å². The molecule has 3 rings (SSSR count). The molecule has 0 amide bonds. The number of aliphatic carboxylic acids is 1. The van der Waals surface area contributed by atoms with Crippen LogP contribution < -0.4 is 0 Å². The Morgan fingerprint density at radius 1 is 1.47 bits per heavy atom. The van der Waals surface area contributed by atoms with E-state index in [1.807, 2.05) is 12.1 Å². The Morgan fingerprint density at radius 3 is 3.16 bits per heavy atom. The summed E-state index contributed by atoms with van der Waals surface area (Å²) in [6, 6.07) is 8.31. The van der Waals surface area contributed by atoms with E-state index in [9.17, 15) is 4.79 Å². The lowest BCUT2D eigenvalue weighted by Gasteiger charge is -2.30. The Hall–Kier alpha value is -1.43. The van der Waals surface area contributed by atoms with Gasteiger partial charge in [0.25, 0.3) is 0 Å². The van der Waals surface area contributed by atoms with Crippen LogP contribution in [0.15, 0.2) is 29.6 Å². The van der Waals surface area contributed by atoms with E-state index in [1.165, 1.54) is 15.6 Å². The molecular weight excluding hydrogens is 262 g/mol. The smallest absolute Gasteiger partial charge is 0.334 e. The Bertz CT molecular complexity index is 595. The quantitative estimate of drug-likeness (QED) is 0.934. The van der Waals surface area contributed by atoms with E-state index in [2.05, 4.69) is 22.4 Å². The predicted molar refractivity (Wildman–Crippen MR) is 74.5 cm³/mol. The Labute approximate surface area is 115 Å². The van der Waals surface area contributed by atoms with E-state index in [1.54, 1.807) is 11.3 Å². The summed E-state index contributed by atoms with van der Waals surface area (Å²) >= 11 is 1.74. The average molecular weight is 277 g/mol. The van der Waals surface area contributed by atoms with Gasteiger partial charge in [0.1, 0.15) is 0 Å². The van der Waals surface area contributed by atoms with Crippen molar-refractivity contribution in [3.63, 3.8) is 0 Å². The summed E-state index contributed by atoms with van der Waals surface area (Å²) in [7, 11) is 0. The van der Waals surface area contributed by atoms with Gasteiger partial charge in [-0.2, -0.15) is 0 Å². The highest BCUT2D eigenvalue weighted by Gasteiger charge is 2.26. The van der Waals surface area contributed by atoms with Crippen LogP contribution in [0.3, 0.4) is 0 Å². The van der Waals surface area contributed by atoms with E-state index in [0.29, 0.717) is 13.2 Å². The first-order valence-electron chi connectivity index (χ1n) is 6.26. The molecule has 1 aliphatic rings. The normalized spacial score (nSPS) is 20.7. The van der Waals surface area contributed by atoms with Crippen molar-refractivity contribution in [2.24, 2.45) is 0 Å². The SMILES string of the molecule is O=C(O)C1CN(Cc2csc3ccccc23)CCO1. The molecule has 0 spiro atoms. The highest BCUT2D eigenvalue weighted by Crippen LogP contribution is 2.27. The first-order chi connectivity index (χ1) is 9.24. The maximum Gasteiger partial charge on any atom is 0.334 e. The largest absolute Gasteiger partial charge is 0.479 e. The second-order valence-electron chi connectivity index (χ2n) is 4.69. The number of hydrogen-bond donors (Lipinski definition) is 1. The Balaban J connectivity index is 1.76. The molecule has 1 unspecified atom stereocenters. The van der Waals surface area contributed by atoms with Gasteiger partial charge in [0.2, 0.25) is 0 Å². The molecule has 100 valence electrons. The van der Waals surface area contributed by atoms with Crippen molar-refractivity contribution in [3.05, 3.63) is 35.2 Å². The molecule has 4 nitrogen and oxygen atoms in total. The van der Waals surface area contributed by atoms with Gasteiger partial charge in [0.05, 0.1) is 6.61 Å². The first-order valence-corrected chi connectivity index (χ1v) is 7.14. The third-order valence-corrected chi connectivity index (χ3v) is 4.39. The van der Waals surface area contributed by atoms with Crippen LogP contribution in [0.1, 0.15) is 5.56 Å². The minimum atomic E-state index is -0.875. The van der Waals surface area contributed by atoms with Gasteiger partial charge >= 0.3 is 5.97 Å². The fourth-order valence-electron chi connectivity index (χ4n) is 2.39. The molecule has 0 bridgehead atoms. The van der Waals surface area contributed by atoms with Crippen LogP contribution in [0.2, 0.25) is 0 Å². The summed E-state index contributed by atoms with van der Waals surface area (Å²) in [5.41, 5.74) is 1.27. The zero-order valence-electron chi connectivity index (χ0n) is 10.4. The second-order valence-corrected chi connectivity index (χ2v) is 5.60. The molecule has 1 saturated heterocycles. The van der Waals surface area contributed by atoms with E-state index < -0.39 is 12.1 Å². The van der Waals surface area contributed by atoms with Gasteiger partial charge < -0.3 is 9.84 Å².